The van der Waals surface area contributed by atoms with E-state index in [4.69, 9.17) is 0 Å². The number of carbonyl (C=O) groups excluding carboxylic acids is 3. The first-order valence-electron chi connectivity index (χ1n) is 10.2. The molecule has 7 nitrogen and oxygen atoms in total. The Morgan fingerprint density at radius 3 is 2.29 bits per heavy atom. The van der Waals surface area contributed by atoms with Gasteiger partial charge in [0.1, 0.15) is 6.04 Å². The molecule has 2 atom stereocenters. The first kappa shape index (κ1) is 22.2. The monoisotopic (exact) mass is 420 g/mol. The van der Waals surface area contributed by atoms with Crippen LogP contribution in [0.15, 0.2) is 59.6 Å². The molecule has 0 bridgehead atoms. The van der Waals surface area contributed by atoms with Crippen molar-refractivity contribution in [1.29, 1.82) is 0 Å². The van der Waals surface area contributed by atoms with E-state index in [2.05, 4.69) is 15.6 Å². The van der Waals surface area contributed by atoms with Gasteiger partial charge >= 0.3 is 0 Å². The molecule has 3 rings (SSSR count). The minimum atomic E-state index is -1.12. The molecule has 0 radical (unpaired) electrons. The van der Waals surface area contributed by atoms with E-state index >= 15 is 0 Å². The van der Waals surface area contributed by atoms with Crippen LogP contribution in [-0.4, -0.2) is 42.7 Å². The van der Waals surface area contributed by atoms with Crippen LogP contribution in [0.2, 0.25) is 0 Å². The summed E-state index contributed by atoms with van der Waals surface area (Å²) in [6.45, 7) is 6.89. The highest BCUT2D eigenvalue weighted by Gasteiger charge is 2.32. The lowest BCUT2D eigenvalue weighted by Crippen LogP contribution is -2.53. The van der Waals surface area contributed by atoms with E-state index in [1.165, 1.54) is 4.90 Å². The number of aliphatic imine (C=N–C) groups is 1. The fourth-order valence-electron chi connectivity index (χ4n) is 3.18. The molecule has 3 amide bonds. The van der Waals surface area contributed by atoms with Crippen molar-refractivity contribution in [1.82, 2.24) is 10.6 Å². The second-order valence-corrected chi connectivity index (χ2v) is 8.61. The standard InChI is InChI=1S/C24H28N4O3/c1-15(25-23(31)24(2,3)4)21(29)27-20-22(30)28(5)18-14-10-9-13-17(18)19(26-20)16-11-7-6-8-12-16/h6-15,20H,1-5H3,(H,25,31)(H,27,29)/t15-,20+/m0/s1. The highest BCUT2D eigenvalue weighted by atomic mass is 16.2. The summed E-state index contributed by atoms with van der Waals surface area (Å²) in [6, 6.07) is 16.2. The van der Waals surface area contributed by atoms with Gasteiger partial charge in [0, 0.05) is 23.6 Å². The Bertz CT molecular complexity index is 1020. The number of fused-ring (bicyclic) bond motifs is 1. The minimum Gasteiger partial charge on any atom is -0.344 e. The van der Waals surface area contributed by atoms with Crippen LogP contribution in [0.25, 0.3) is 0 Å². The average molecular weight is 421 g/mol. The Hall–Kier alpha value is -3.48. The summed E-state index contributed by atoms with van der Waals surface area (Å²) in [5.41, 5.74) is 2.33. The SMILES string of the molecule is C[C@H](NC(=O)C(C)(C)C)C(=O)N[C@H]1N=C(c2ccccc2)c2ccccc2N(C)C1=O. The molecular weight excluding hydrogens is 392 g/mol. The van der Waals surface area contributed by atoms with Gasteiger partial charge in [-0.3, -0.25) is 14.4 Å². The van der Waals surface area contributed by atoms with Crippen molar-refractivity contribution in [2.45, 2.75) is 39.9 Å². The molecule has 2 aromatic carbocycles. The maximum Gasteiger partial charge on any atom is 0.272 e. The van der Waals surface area contributed by atoms with Crippen molar-refractivity contribution in [2.24, 2.45) is 10.4 Å². The number of amides is 3. The third-order valence-corrected chi connectivity index (χ3v) is 5.09. The number of benzene rings is 2. The molecule has 1 aliphatic heterocycles. The number of benzodiazepines with no additional fused rings is 1. The zero-order valence-electron chi connectivity index (χ0n) is 18.5. The minimum absolute atomic E-state index is 0.250. The number of hydrogen-bond donors (Lipinski definition) is 2. The average Bonchev–Trinajstić information content (AvgIpc) is 2.84. The van der Waals surface area contributed by atoms with Crippen molar-refractivity contribution < 1.29 is 14.4 Å². The summed E-state index contributed by atoms with van der Waals surface area (Å²) in [7, 11) is 1.66. The van der Waals surface area contributed by atoms with Gasteiger partial charge in [-0.05, 0) is 13.0 Å². The second kappa shape index (κ2) is 8.71. The third kappa shape index (κ3) is 4.82. The second-order valence-electron chi connectivity index (χ2n) is 8.61. The molecule has 31 heavy (non-hydrogen) atoms. The Morgan fingerprint density at radius 1 is 1.03 bits per heavy atom. The Labute approximate surface area is 182 Å². The molecular formula is C24H28N4O3. The number of anilines is 1. The van der Waals surface area contributed by atoms with Crippen molar-refractivity contribution in [3.63, 3.8) is 0 Å². The van der Waals surface area contributed by atoms with Crippen molar-refractivity contribution >= 4 is 29.1 Å². The van der Waals surface area contributed by atoms with E-state index < -0.39 is 23.5 Å². The molecule has 0 unspecified atom stereocenters. The molecule has 0 saturated heterocycles. The van der Waals surface area contributed by atoms with Crippen molar-refractivity contribution in [2.75, 3.05) is 11.9 Å². The molecule has 162 valence electrons. The number of hydrogen-bond acceptors (Lipinski definition) is 4. The third-order valence-electron chi connectivity index (χ3n) is 5.09. The predicted molar refractivity (Wildman–Crippen MR) is 121 cm³/mol. The molecule has 2 aromatic rings. The molecule has 1 heterocycles. The van der Waals surface area contributed by atoms with Gasteiger partial charge in [-0.15, -0.1) is 0 Å². The van der Waals surface area contributed by atoms with Crippen LogP contribution in [0.4, 0.5) is 5.69 Å². The van der Waals surface area contributed by atoms with Crippen LogP contribution in [0, 0.1) is 5.41 Å². The lowest BCUT2D eigenvalue weighted by atomic mass is 9.95. The number of rotatable bonds is 4. The van der Waals surface area contributed by atoms with Crippen LogP contribution < -0.4 is 15.5 Å². The van der Waals surface area contributed by atoms with Gasteiger partial charge in [0.2, 0.25) is 18.0 Å². The summed E-state index contributed by atoms with van der Waals surface area (Å²) in [5.74, 6) is -1.09. The molecule has 0 fully saturated rings. The summed E-state index contributed by atoms with van der Waals surface area (Å²) in [6.07, 6.45) is -1.12. The van der Waals surface area contributed by atoms with Crippen LogP contribution >= 0.6 is 0 Å². The summed E-state index contributed by atoms with van der Waals surface area (Å²) < 4.78 is 0. The molecule has 7 heteroatoms. The van der Waals surface area contributed by atoms with Gasteiger partial charge in [-0.25, -0.2) is 4.99 Å². The Balaban J connectivity index is 1.94. The van der Waals surface area contributed by atoms with Gasteiger partial charge in [-0.2, -0.15) is 0 Å². The van der Waals surface area contributed by atoms with Crippen molar-refractivity contribution in [3.05, 3.63) is 65.7 Å². The largest absolute Gasteiger partial charge is 0.344 e. The fraction of sp³-hybridized carbons (Fsp3) is 0.333. The number of para-hydroxylation sites is 1. The lowest BCUT2D eigenvalue weighted by molar-refractivity contribution is -0.134. The molecule has 0 spiro atoms. The zero-order chi connectivity index (χ0) is 22.8. The van der Waals surface area contributed by atoms with E-state index in [-0.39, 0.29) is 11.8 Å². The van der Waals surface area contributed by atoms with E-state index in [0.717, 1.165) is 11.1 Å². The Kier molecular flexibility index (Phi) is 6.24. The van der Waals surface area contributed by atoms with E-state index in [0.29, 0.717) is 11.4 Å². The van der Waals surface area contributed by atoms with Gasteiger partial charge in [0.05, 0.1) is 11.4 Å². The maximum atomic E-state index is 13.1. The summed E-state index contributed by atoms with van der Waals surface area (Å²) in [5, 5.41) is 5.38. The van der Waals surface area contributed by atoms with E-state index in [1.54, 1.807) is 34.7 Å². The molecule has 0 aliphatic carbocycles. The molecule has 0 saturated carbocycles. The van der Waals surface area contributed by atoms with Crippen LogP contribution in [0.1, 0.15) is 38.8 Å². The maximum absolute atomic E-state index is 13.1. The number of nitrogens with one attached hydrogen (secondary N) is 2. The van der Waals surface area contributed by atoms with Gasteiger partial charge in [0.15, 0.2) is 0 Å². The zero-order valence-corrected chi connectivity index (χ0v) is 18.5. The lowest BCUT2D eigenvalue weighted by Gasteiger charge is -2.24. The fourth-order valence-corrected chi connectivity index (χ4v) is 3.18. The summed E-state index contributed by atoms with van der Waals surface area (Å²) in [4.78, 5) is 44.3. The van der Waals surface area contributed by atoms with Crippen LogP contribution in [-0.2, 0) is 14.4 Å². The highest BCUT2D eigenvalue weighted by molar-refractivity contribution is 6.20. The van der Waals surface area contributed by atoms with E-state index in [9.17, 15) is 14.4 Å². The number of likely N-dealkylation sites (N-methyl/N-ethyl adjacent to an activating group) is 1. The summed E-state index contributed by atoms with van der Waals surface area (Å²) >= 11 is 0. The van der Waals surface area contributed by atoms with Crippen molar-refractivity contribution in [3.8, 4) is 0 Å². The molecule has 1 aliphatic rings. The normalized spacial score (nSPS) is 17.2. The first-order chi connectivity index (χ1) is 14.6. The predicted octanol–water partition coefficient (Wildman–Crippen LogP) is 2.49. The van der Waals surface area contributed by atoms with Gasteiger partial charge in [-0.1, -0.05) is 69.3 Å². The number of nitrogens with zero attached hydrogens (tertiary/aromatic N) is 2. The van der Waals surface area contributed by atoms with Crippen LogP contribution in [0.5, 0.6) is 0 Å². The van der Waals surface area contributed by atoms with E-state index in [1.807, 2.05) is 54.6 Å². The Morgan fingerprint density at radius 2 is 1.65 bits per heavy atom. The van der Waals surface area contributed by atoms with Gasteiger partial charge < -0.3 is 15.5 Å². The molecule has 2 N–H and O–H groups in total. The van der Waals surface area contributed by atoms with Gasteiger partial charge in [0.25, 0.3) is 5.91 Å². The van der Waals surface area contributed by atoms with Crippen LogP contribution in [0.3, 0.4) is 0 Å². The smallest absolute Gasteiger partial charge is 0.272 e. The first-order valence-corrected chi connectivity index (χ1v) is 10.2. The quantitative estimate of drug-likeness (QED) is 0.796. The highest BCUT2D eigenvalue weighted by Crippen LogP contribution is 2.27. The topological polar surface area (TPSA) is 90.9 Å². The molecule has 0 aromatic heterocycles. The number of carbonyl (C=O) groups is 3.